The van der Waals surface area contributed by atoms with E-state index in [1.165, 1.54) is 4.90 Å². The van der Waals surface area contributed by atoms with Gasteiger partial charge in [-0.1, -0.05) is 66.7 Å². The molecular weight excluding hydrogens is 440 g/mol. The van der Waals surface area contributed by atoms with Crippen molar-refractivity contribution < 1.29 is 9.59 Å². The maximum Gasteiger partial charge on any atom is 0.266 e. The Hall–Kier alpha value is -4.04. The monoisotopic (exact) mass is 470 g/mol. The van der Waals surface area contributed by atoms with Gasteiger partial charge in [0.05, 0.1) is 6.04 Å². The zero-order valence-corrected chi connectivity index (χ0v) is 19.5. The lowest BCUT2D eigenvalue weighted by molar-refractivity contribution is -0.130. The fourth-order valence-electron chi connectivity index (χ4n) is 4.30. The first kappa shape index (κ1) is 24.1. The van der Waals surface area contributed by atoms with Crippen molar-refractivity contribution in [3.8, 4) is 0 Å². The number of amides is 2. The van der Waals surface area contributed by atoms with Gasteiger partial charge in [0, 0.05) is 25.5 Å². The van der Waals surface area contributed by atoms with Gasteiger partial charge in [-0.15, -0.1) is 0 Å². The topological polar surface area (TPSA) is 127 Å². The smallest absolute Gasteiger partial charge is 0.266 e. The molecule has 0 spiro atoms. The molecule has 3 aromatic rings. The number of benzene rings is 2. The average Bonchev–Trinajstić information content (AvgIpc) is 3.15. The van der Waals surface area contributed by atoms with E-state index in [0.717, 1.165) is 16.7 Å². The van der Waals surface area contributed by atoms with Crippen molar-refractivity contribution in [2.75, 3.05) is 13.1 Å². The van der Waals surface area contributed by atoms with Crippen LogP contribution in [-0.2, 0) is 21.5 Å². The van der Waals surface area contributed by atoms with Gasteiger partial charge >= 0.3 is 0 Å². The van der Waals surface area contributed by atoms with Crippen LogP contribution in [0.15, 0.2) is 90.2 Å². The van der Waals surface area contributed by atoms with Gasteiger partial charge < -0.3 is 16.8 Å². The normalized spacial score (nSPS) is 15.5. The van der Waals surface area contributed by atoms with Crippen LogP contribution in [0.4, 0.5) is 0 Å². The van der Waals surface area contributed by atoms with Crippen molar-refractivity contribution in [1.82, 2.24) is 15.2 Å². The van der Waals surface area contributed by atoms with Crippen LogP contribution >= 0.6 is 0 Å². The summed E-state index contributed by atoms with van der Waals surface area (Å²) in [6.07, 6.45) is 5.14. The van der Waals surface area contributed by atoms with Crippen molar-refractivity contribution in [3.63, 3.8) is 0 Å². The van der Waals surface area contributed by atoms with Gasteiger partial charge in [-0.25, -0.2) is 4.99 Å². The molecule has 2 aromatic carbocycles. The van der Waals surface area contributed by atoms with Crippen LogP contribution < -0.4 is 16.8 Å². The van der Waals surface area contributed by atoms with Crippen LogP contribution in [0.3, 0.4) is 0 Å². The molecule has 8 nitrogen and oxygen atoms in total. The third-order valence-electron chi connectivity index (χ3n) is 6.12. The van der Waals surface area contributed by atoms with Gasteiger partial charge in [-0.3, -0.25) is 19.5 Å². The Balaban J connectivity index is 1.34. The second-order valence-corrected chi connectivity index (χ2v) is 8.54. The Morgan fingerprint density at radius 2 is 1.63 bits per heavy atom. The summed E-state index contributed by atoms with van der Waals surface area (Å²) in [4.78, 5) is 36.3. The number of hydrogen-bond donors (Lipinski definition) is 3. The molecule has 1 aliphatic rings. The minimum atomic E-state index is -1.19. The highest BCUT2D eigenvalue weighted by Gasteiger charge is 2.50. The molecule has 0 aliphatic carbocycles. The predicted octanol–water partition coefficient (Wildman–Crippen LogP) is 1.95. The zero-order chi connectivity index (χ0) is 24.7. The summed E-state index contributed by atoms with van der Waals surface area (Å²) in [5.74, 6) is -0.181. The summed E-state index contributed by atoms with van der Waals surface area (Å²) in [6, 6.07) is 22.0. The predicted molar refractivity (Wildman–Crippen MR) is 135 cm³/mol. The SMILES string of the molecule is NC1=NC(c2ccccc2)(c2ccccc2)C(=O)N1CCCCNC(=O)[C@@H](N)Cc1cccnc1. The zero-order valence-electron chi connectivity index (χ0n) is 19.5. The van der Waals surface area contributed by atoms with E-state index in [-0.39, 0.29) is 17.8 Å². The van der Waals surface area contributed by atoms with Crippen LogP contribution in [0.25, 0.3) is 0 Å². The molecule has 8 heteroatoms. The van der Waals surface area contributed by atoms with Crippen molar-refractivity contribution in [2.24, 2.45) is 16.5 Å². The molecule has 180 valence electrons. The standard InChI is InChI=1S/C27H30N6O2/c28-23(18-20-10-9-15-30-19-20)24(34)31-16-7-8-17-33-25(35)27(32-26(33)29,21-11-3-1-4-12-21)22-13-5-2-6-14-22/h1-6,9-15,19,23H,7-8,16-18,28H2,(H2,29,32)(H,31,34)/t23-/m0/s1. The average molecular weight is 471 g/mol. The highest BCUT2D eigenvalue weighted by atomic mass is 16.2. The molecule has 0 fully saturated rings. The van der Waals surface area contributed by atoms with E-state index < -0.39 is 11.6 Å². The summed E-state index contributed by atoms with van der Waals surface area (Å²) in [5, 5.41) is 2.87. The van der Waals surface area contributed by atoms with Crippen molar-refractivity contribution >= 4 is 17.8 Å². The summed E-state index contributed by atoms with van der Waals surface area (Å²) >= 11 is 0. The molecule has 2 heterocycles. The largest absolute Gasteiger partial charge is 0.369 e. The van der Waals surface area contributed by atoms with Crippen LogP contribution in [0.2, 0.25) is 0 Å². The summed E-state index contributed by atoms with van der Waals surface area (Å²) in [6.45, 7) is 0.869. The maximum absolute atomic E-state index is 13.7. The number of pyridine rings is 1. The second-order valence-electron chi connectivity index (χ2n) is 8.54. The van der Waals surface area contributed by atoms with Gasteiger partial charge in [-0.2, -0.15) is 0 Å². The highest BCUT2D eigenvalue weighted by Crippen LogP contribution is 2.39. The number of carbonyl (C=O) groups is 2. The second kappa shape index (κ2) is 10.9. The maximum atomic E-state index is 13.7. The molecule has 2 amide bonds. The molecule has 1 aliphatic heterocycles. The van der Waals surface area contributed by atoms with Crippen molar-refractivity contribution in [1.29, 1.82) is 0 Å². The number of hydrogen-bond acceptors (Lipinski definition) is 6. The van der Waals surface area contributed by atoms with E-state index in [4.69, 9.17) is 16.5 Å². The van der Waals surface area contributed by atoms with Crippen LogP contribution in [0, 0.1) is 0 Å². The quantitative estimate of drug-likeness (QED) is 0.390. The first-order chi connectivity index (χ1) is 17.0. The van der Waals surface area contributed by atoms with E-state index in [2.05, 4.69) is 10.3 Å². The van der Waals surface area contributed by atoms with Gasteiger partial charge in [0.2, 0.25) is 5.91 Å². The van der Waals surface area contributed by atoms with Gasteiger partial charge in [0.15, 0.2) is 11.5 Å². The molecule has 0 bridgehead atoms. The molecule has 35 heavy (non-hydrogen) atoms. The van der Waals surface area contributed by atoms with Crippen molar-refractivity contribution in [3.05, 3.63) is 102 Å². The number of carbonyl (C=O) groups excluding carboxylic acids is 2. The van der Waals surface area contributed by atoms with Gasteiger partial charge in [0.1, 0.15) is 0 Å². The number of rotatable bonds is 10. The minimum Gasteiger partial charge on any atom is -0.369 e. The van der Waals surface area contributed by atoms with Crippen LogP contribution in [-0.4, -0.2) is 46.8 Å². The summed E-state index contributed by atoms with van der Waals surface area (Å²) in [7, 11) is 0. The fourth-order valence-corrected chi connectivity index (χ4v) is 4.30. The number of guanidine groups is 1. The van der Waals surface area contributed by atoms with E-state index >= 15 is 0 Å². The Labute approximate surface area is 205 Å². The minimum absolute atomic E-state index is 0.171. The first-order valence-corrected chi connectivity index (χ1v) is 11.7. The Bertz CT molecular complexity index is 1130. The van der Waals surface area contributed by atoms with E-state index in [0.29, 0.717) is 32.4 Å². The molecule has 0 radical (unpaired) electrons. The van der Waals surface area contributed by atoms with E-state index in [1.807, 2.05) is 72.8 Å². The lowest BCUT2D eigenvalue weighted by Crippen LogP contribution is -2.44. The first-order valence-electron chi connectivity index (χ1n) is 11.7. The Morgan fingerprint density at radius 1 is 0.971 bits per heavy atom. The molecule has 1 atom stereocenters. The Kier molecular flexibility index (Phi) is 7.52. The fraction of sp³-hybridized carbons (Fsp3) is 0.259. The number of aliphatic imine (C=N–C) groups is 1. The number of aromatic nitrogens is 1. The summed E-state index contributed by atoms with van der Waals surface area (Å²) < 4.78 is 0. The van der Waals surface area contributed by atoms with Crippen LogP contribution in [0.1, 0.15) is 29.5 Å². The van der Waals surface area contributed by atoms with Gasteiger partial charge in [0.25, 0.3) is 5.91 Å². The number of unbranched alkanes of at least 4 members (excludes halogenated alkanes) is 1. The molecule has 5 N–H and O–H groups in total. The molecule has 4 rings (SSSR count). The third kappa shape index (κ3) is 5.22. The molecule has 1 aromatic heterocycles. The van der Waals surface area contributed by atoms with Crippen molar-refractivity contribution in [2.45, 2.75) is 30.8 Å². The number of nitrogens with one attached hydrogen (secondary N) is 1. The molecule has 0 saturated carbocycles. The van der Waals surface area contributed by atoms with E-state index in [9.17, 15) is 9.59 Å². The molecular formula is C27H30N6O2. The molecule has 0 saturated heterocycles. The lowest BCUT2D eigenvalue weighted by atomic mass is 9.83. The van der Waals surface area contributed by atoms with Crippen LogP contribution in [0.5, 0.6) is 0 Å². The number of nitrogens with two attached hydrogens (primary N) is 2. The number of nitrogens with zero attached hydrogens (tertiary/aromatic N) is 3. The lowest BCUT2D eigenvalue weighted by Gasteiger charge is -2.27. The summed E-state index contributed by atoms with van der Waals surface area (Å²) in [5.41, 5.74) is 13.5. The van der Waals surface area contributed by atoms with E-state index in [1.54, 1.807) is 12.4 Å². The third-order valence-corrected chi connectivity index (χ3v) is 6.12. The highest BCUT2D eigenvalue weighted by molar-refractivity contribution is 6.09. The Morgan fingerprint density at radius 3 is 2.23 bits per heavy atom. The van der Waals surface area contributed by atoms with Gasteiger partial charge in [-0.05, 0) is 42.0 Å². The molecule has 0 unspecified atom stereocenters.